The van der Waals surface area contributed by atoms with Gasteiger partial charge in [-0.05, 0) is 50.3 Å². The zero-order chi connectivity index (χ0) is 23.2. The average Bonchev–Trinajstić information content (AvgIpc) is 3.66. The maximum Gasteiger partial charge on any atom is 0.254 e. The van der Waals surface area contributed by atoms with E-state index in [1.807, 2.05) is 13.8 Å². The summed E-state index contributed by atoms with van der Waals surface area (Å²) in [7, 11) is 0. The lowest BCUT2D eigenvalue weighted by Gasteiger charge is -2.17. The maximum atomic E-state index is 14.9. The van der Waals surface area contributed by atoms with Crippen molar-refractivity contribution < 1.29 is 13.9 Å². The first-order valence-corrected chi connectivity index (χ1v) is 11.7. The highest BCUT2D eigenvalue weighted by molar-refractivity contribution is 8.01. The second kappa shape index (κ2) is 10.6. The first-order chi connectivity index (χ1) is 16.1. The van der Waals surface area contributed by atoms with Crippen LogP contribution < -0.4 is 14.8 Å². The van der Waals surface area contributed by atoms with Crippen molar-refractivity contribution in [3.05, 3.63) is 60.1 Å². The van der Waals surface area contributed by atoms with Gasteiger partial charge in [-0.1, -0.05) is 13.0 Å². The number of nitrogens with one attached hydrogen (secondary N) is 2. The molecular formula is C23H25FN6O2S. The molecular weight excluding hydrogens is 443 g/mol. The number of anilines is 1. The zero-order valence-electron chi connectivity index (χ0n) is 18.4. The Morgan fingerprint density at radius 1 is 1.18 bits per heavy atom. The van der Waals surface area contributed by atoms with Crippen LogP contribution >= 0.6 is 11.9 Å². The van der Waals surface area contributed by atoms with Gasteiger partial charge in [0.15, 0.2) is 5.82 Å². The van der Waals surface area contributed by atoms with Crippen LogP contribution in [0.25, 0.3) is 11.3 Å². The van der Waals surface area contributed by atoms with Crippen molar-refractivity contribution in [1.29, 1.82) is 0 Å². The van der Waals surface area contributed by atoms with Crippen molar-refractivity contribution in [2.45, 2.75) is 44.4 Å². The summed E-state index contributed by atoms with van der Waals surface area (Å²) in [5.41, 5.74) is 1.52. The van der Waals surface area contributed by atoms with Gasteiger partial charge >= 0.3 is 0 Å². The van der Waals surface area contributed by atoms with Crippen LogP contribution in [0.5, 0.6) is 5.88 Å². The Labute approximate surface area is 196 Å². The Morgan fingerprint density at radius 2 is 2.00 bits per heavy atom. The molecule has 2 heterocycles. The van der Waals surface area contributed by atoms with Crippen LogP contribution in [0.4, 0.5) is 10.2 Å². The number of carbonyl (C=O) groups excluding carboxylic acids is 1. The lowest BCUT2D eigenvalue weighted by atomic mass is 10.1. The van der Waals surface area contributed by atoms with Gasteiger partial charge in [0.1, 0.15) is 5.82 Å². The monoisotopic (exact) mass is 468 g/mol. The number of rotatable bonds is 10. The van der Waals surface area contributed by atoms with Gasteiger partial charge < -0.3 is 14.8 Å². The molecule has 0 saturated heterocycles. The normalized spacial score (nSPS) is 13.9. The maximum absolute atomic E-state index is 14.9. The fourth-order valence-corrected chi connectivity index (χ4v) is 3.87. The predicted octanol–water partition coefficient (Wildman–Crippen LogP) is 4.58. The second-order valence-electron chi connectivity index (χ2n) is 7.55. The van der Waals surface area contributed by atoms with Gasteiger partial charge in [-0.25, -0.2) is 14.4 Å². The lowest BCUT2D eigenvalue weighted by molar-refractivity contribution is 0.0930. The molecule has 1 atom stereocenters. The number of halogens is 1. The van der Waals surface area contributed by atoms with Crippen molar-refractivity contribution in [2.24, 2.45) is 0 Å². The van der Waals surface area contributed by atoms with Gasteiger partial charge in [-0.15, -0.1) is 0 Å². The Kier molecular flexibility index (Phi) is 7.33. The molecule has 2 aromatic heterocycles. The minimum Gasteiger partial charge on any atom is -0.477 e. The molecule has 1 aliphatic carbocycles. The van der Waals surface area contributed by atoms with Crippen molar-refractivity contribution in [3.63, 3.8) is 0 Å². The number of aromatic nitrogens is 4. The van der Waals surface area contributed by atoms with Gasteiger partial charge in [-0.2, -0.15) is 0 Å². The van der Waals surface area contributed by atoms with Crippen molar-refractivity contribution >= 4 is 23.7 Å². The van der Waals surface area contributed by atoms with Crippen LogP contribution in [0.1, 0.15) is 55.2 Å². The summed E-state index contributed by atoms with van der Waals surface area (Å²) in [6.45, 7) is 4.22. The summed E-state index contributed by atoms with van der Waals surface area (Å²) in [5.74, 6) is -0.169. The van der Waals surface area contributed by atoms with Crippen LogP contribution in [0.3, 0.4) is 0 Å². The van der Waals surface area contributed by atoms with Crippen molar-refractivity contribution in [1.82, 2.24) is 25.3 Å². The molecule has 1 fully saturated rings. The van der Waals surface area contributed by atoms with Gasteiger partial charge in [0.2, 0.25) is 5.88 Å². The van der Waals surface area contributed by atoms with Crippen LogP contribution in [0, 0.1) is 5.82 Å². The highest BCUT2D eigenvalue weighted by atomic mass is 32.2. The minimum atomic E-state index is -0.647. The molecule has 172 valence electrons. The lowest BCUT2D eigenvalue weighted by Crippen LogP contribution is -2.29. The van der Waals surface area contributed by atoms with E-state index < -0.39 is 17.8 Å². The van der Waals surface area contributed by atoms with Gasteiger partial charge in [0, 0.05) is 10.8 Å². The molecule has 1 aromatic carbocycles. The Hall–Kier alpha value is -3.27. The number of ether oxygens (including phenoxy) is 1. The third-order valence-corrected chi connectivity index (χ3v) is 6.12. The van der Waals surface area contributed by atoms with E-state index >= 15 is 0 Å². The molecule has 1 saturated carbocycles. The fraction of sp³-hybridized carbons (Fsp3) is 0.348. The van der Waals surface area contributed by atoms with E-state index in [0.717, 1.165) is 0 Å². The highest BCUT2D eigenvalue weighted by Gasteiger charge is 2.23. The summed E-state index contributed by atoms with van der Waals surface area (Å²) >= 11 is 1.63. The van der Waals surface area contributed by atoms with Crippen molar-refractivity contribution in [2.75, 3.05) is 11.3 Å². The van der Waals surface area contributed by atoms with Crippen LogP contribution in [0.2, 0.25) is 0 Å². The van der Waals surface area contributed by atoms with Crippen molar-refractivity contribution in [3.8, 4) is 17.1 Å². The molecule has 33 heavy (non-hydrogen) atoms. The average molecular weight is 469 g/mol. The number of nitrogens with zero attached hydrogens (tertiary/aromatic N) is 4. The molecule has 3 aromatic rings. The van der Waals surface area contributed by atoms with E-state index in [4.69, 9.17) is 4.74 Å². The highest BCUT2D eigenvalue weighted by Crippen LogP contribution is 2.34. The fourth-order valence-electron chi connectivity index (χ4n) is 3.11. The molecule has 2 N–H and O–H groups in total. The molecule has 0 aliphatic heterocycles. The first-order valence-electron chi connectivity index (χ1n) is 10.9. The van der Waals surface area contributed by atoms with Crippen LogP contribution in [-0.2, 0) is 0 Å². The third kappa shape index (κ3) is 5.95. The molecule has 4 rings (SSSR count). The van der Waals surface area contributed by atoms with E-state index in [2.05, 4.69) is 30.0 Å². The Balaban J connectivity index is 1.47. The SMILES string of the molecule is CCOc1cncc(-c2ccc(C(=O)NC(CC)c3cncc(NSC4CC4)n3)c(F)c2)n1. The summed E-state index contributed by atoms with van der Waals surface area (Å²) in [5, 5.41) is 3.49. The third-order valence-electron chi connectivity index (χ3n) is 4.99. The van der Waals surface area contributed by atoms with Gasteiger partial charge in [-0.3, -0.25) is 14.8 Å². The van der Waals surface area contributed by atoms with E-state index in [-0.39, 0.29) is 5.56 Å². The number of hydrogen-bond donors (Lipinski definition) is 2. The summed E-state index contributed by atoms with van der Waals surface area (Å²) in [4.78, 5) is 30.0. The molecule has 0 spiro atoms. The second-order valence-corrected chi connectivity index (χ2v) is 8.66. The number of amides is 1. The molecule has 1 unspecified atom stereocenters. The smallest absolute Gasteiger partial charge is 0.254 e. The minimum absolute atomic E-state index is 0.0577. The predicted molar refractivity (Wildman–Crippen MR) is 125 cm³/mol. The number of hydrogen-bond acceptors (Lipinski definition) is 8. The largest absolute Gasteiger partial charge is 0.477 e. The van der Waals surface area contributed by atoms with Crippen LogP contribution in [-0.4, -0.2) is 37.7 Å². The van der Waals surface area contributed by atoms with E-state index in [1.165, 1.54) is 37.4 Å². The molecule has 10 heteroatoms. The number of carbonyl (C=O) groups is 1. The van der Waals surface area contributed by atoms with E-state index in [1.54, 1.807) is 30.4 Å². The molecule has 1 aliphatic rings. The summed E-state index contributed by atoms with van der Waals surface area (Å²) in [6, 6.07) is 3.95. The zero-order valence-corrected chi connectivity index (χ0v) is 19.2. The van der Waals surface area contributed by atoms with Gasteiger partial charge in [0.25, 0.3) is 5.91 Å². The number of benzene rings is 1. The molecule has 8 nitrogen and oxygen atoms in total. The first kappa shape index (κ1) is 22.9. The quantitative estimate of drug-likeness (QED) is 0.417. The molecule has 0 radical (unpaired) electrons. The molecule has 1 amide bonds. The van der Waals surface area contributed by atoms with Crippen LogP contribution in [0.15, 0.2) is 43.0 Å². The Bertz CT molecular complexity index is 1130. The summed E-state index contributed by atoms with van der Waals surface area (Å²) < 4.78 is 23.4. The van der Waals surface area contributed by atoms with Gasteiger partial charge in [0.05, 0.1) is 54.4 Å². The topological polar surface area (TPSA) is 102 Å². The Morgan fingerprint density at radius 3 is 2.73 bits per heavy atom. The summed E-state index contributed by atoms with van der Waals surface area (Å²) in [6.07, 6.45) is 9.26. The molecule has 0 bridgehead atoms. The standard InChI is InChI=1S/C23H25FN6O2S/c1-3-18(20-11-25-12-21(27-20)30-33-15-6-7-15)29-23(31)16-8-5-14(9-17(16)24)19-10-26-13-22(28-19)32-4-2/h5,8-13,15,18H,3-4,6-7H2,1-2H3,(H,27,30)(H,29,31). The van der Waals surface area contributed by atoms with E-state index in [9.17, 15) is 9.18 Å². The van der Waals surface area contributed by atoms with E-state index in [0.29, 0.717) is 46.9 Å².